The van der Waals surface area contributed by atoms with Crippen molar-refractivity contribution in [1.82, 2.24) is 4.98 Å². The highest BCUT2D eigenvalue weighted by molar-refractivity contribution is 7.80. The number of pyridine rings is 1. The summed E-state index contributed by atoms with van der Waals surface area (Å²) >= 11 is 5.09. The van der Waals surface area contributed by atoms with Gasteiger partial charge in [-0.15, -0.1) is 0 Å². The first-order chi connectivity index (χ1) is 8.45. The average Bonchev–Trinajstić information content (AvgIpc) is 2.24. The molecule has 0 aliphatic rings. The molecule has 1 atom stereocenters. The van der Waals surface area contributed by atoms with E-state index >= 15 is 0 Å². The Kier molecular flexibility index (Phi) is 5.50. The molecule has 0 fully saturated rings. The van der Waals surface area contributed by atoms with Gasteiger partial charge < -0.3 is 15.8 Å². The van der Waals surface area contributed by atoms with Gasteiger partial charge in [-0.25, -0.2) is 0 Å². The van der Waals surface area contributed by atoms with E-state index in [1.54, 1.807) is 7.11 Å². The number of nitrogens with two attached hydrogens (primary N) is 1. The van der Waals surface area contributed by atoms with Crippen LogP contribution in [0.25, 0.3) is 0 Å². The molecule has 0 aliphatic carbocycles. The second kappa shape index (κ2) is 6.66. The van der Waals surface area contributed by atoms with Gasteiger partial charge in [-0.2, -0.15) is 0 Å². The highest BCUT2D eigenvalue weighted by atomic mass is 32.1. The fourth-order valence-corrected chi connectivity index (χ4v) is 2.14. The van der Waals surface area contributed by atoms with Crippen LogP contribution < -0.4 is 11.1 Å². The normalized spacial score (nSPS) is 12.2. The molecule has 1 unspecified atom stereocenters. The Morgan fingerprint density at radius 1 is 1.56 bits per heavy atom. The van der Waals surface area contributed by atoms with Gasteiger partial charge in [0, 0.05) is 36.8 Å². The molecule has 0 radical (unpaired) electrons. The average molecular weight is 267 g/mol. The number of rotatable bonds is 6. The number of nitrogens with zero attached hydrogens (tertiary/aromatic N) is 1. The topological polar surface area (TPSA) is 60.2 Å². The van der Waals surface area contributed by atoms with Crippen LogP contribution in [-0.4, -0.2) is 29.7 Å². The van der Waals surface area contributed by atoms with E-state index in [2.05, 4.69) is 17.2 Å². The second-order valence-corrected chi connectivity index (χ2v) is 4.90. The van der Waals surface area contributed by atoms with Crippen molar-refractivity contribution in [3.05, 3.63) is 23.0 Å². The molecule has 1 heterocycles. The summed E-state index contributed by atoms with van der Waals surface area (Å²) in [6.45, 7) is 6.71. The Morgan fingerprint density at radius 2 is 2.22 bits per heavy atom. The summed E-state index contributed by atoms with van der Waals surface area (Å²) in [7, 11) is 1.70. The quantitative estimate of drug-likeness (QED) is 0.774. The van der Waals surface area contributed by atoms with Gasteiger partial charge >= 0.3 is 0 Å². The number of aryl methyl sites for hydroxylation is 2. The van der Waals surface area contributed by atoms with Gasteiger partial charge in [-0.3, -0.25) is 4.98 Å². The molecule has 0 saturated heterocycles. The van der Waals surface area contributed by atoms with Crippen molar-refractivity contribution in [2.75, 3.05) is 19.0 Å². The van der Waals surface area contributed by atoms with Gasteiger partial charge in [0.1, 0.15) is 4.99 Å². The number of nitrogens with one attached hydrogen (secondary N) is 1. The fraction of sp³-hybridized carbons (Fsp3) is 0.538. The van der Waals surface area contributed by atoms with E-state index in [-0.39, 0.29) is 0 Å². The lowest BCUT2D eigenvalue weighted by Gasteiger charge is -2.19. The maximum Gasteiger partial charge on any atom is 0.107 e. The molecule has 0 bridgehead atoms. The minimum Gasteiger partial charge on any atom is -0.389 e. The molecule has 0 amide bonds. The van der Waals surface area contributed by atoms with Crippen molar-refractivity contribution in [2.45, 2.75) is 33.2 Å². The highest BCUT2D eigenvalue weighted by Crippen LogP contribution is 2.21. The van der Waals surface area contributed by atoms with E-state index in [0.29, 0.717) is 11.0 Å². The molecule has 0 aromatic carbocycles. The van der Waals surface area contributed by atoms with E-state index in [9.17, 15) is 0 Å². The summed E-state index contributed by atoms with van der Waals surface area (Å²) in [5.74, 6) is 0. The van der Waals surface area contributed by atoms with Crippen LogP contribution in [0.2, 0.25) is 0 Å². The van der Waals surface area contributed by atoms with Gasteiger partial charge in [0.25, 0.3) is 0 Å². The van der Waals surface area contributed by atoms with Gasteiger partial charge in [0.05, 0.1) is 5.56 Å². The lowest BCUT2D eigenvalue weighted by Crippen LogP contribution is -2.22. The monoisotopic (exact) mass is 267 g/mol. The molecule has 3 N–H and O–H groups in total. The van der Waals surface area contributed by atoms with E-state index in [1.807, 2.05) is 19.9 Å². The molecule has 5 heteroatoms. The first-order valence-electron chi connectivity index (χ1n) is 5.99. The molecule has 100 valence electrons. The molecule has 4 nitrogen and oxygen atoms in total. The van der Waals surface area contributed by atoms with Crippen LogP contribution in [0.3, 0.4) is 0 Å². The minimum absolute atomic E-state index is 0.291. The van der Waals surface area contributed by atoms with E-state index in [4.69, 9.17) is 22.7 Å². The minimum atomic E-state index is 0.291. The number of methoxy groups -OCH3 is 1. The maximum atomic E-state index is 5.77. The zero-order chi connectivity index (χ0) is 13.7. The van der Waals surface area contributed by atoms with E-state index < -0.39 is 0 Å². The zero-order valence-electron chi connectivity index (χ0n) is 11.4. The molecule has 0 spiro atoms. The first-order valence-corrected chi connectivity index (χ1v) is 6.40. The van der Waals surface area contributed by atoms with E-state index in [1.165, 1.54) is 0 Å². The molecule has 1 rings (SSSR count). The summed E-state index contributed by atoms with van der Waals surface area (Å²) < 4.78 is 5.07. The number of thiocarbonyl (C=S) groups is 1. The van der Waals surface area contributed by atoms with Crippen LogP contribution in [0, 0.1) is 13.8 Å². The van der Waals surface area contributed by atoms with Gasteiger partial charge in [-0.05, 0) is 33.3 Å². The summed E-state index contributed by atoms with van der Waals surface area (Å²) in [4.78, 5) is 4.77. The van der Waals surface area contributed by atoms with Crippen LogP contribution in [-0.2, 0) is 4.74 Å². The Labute approximate surface area is 114 Å². The number of hydrogen-bond donors (Lipinski definition) is 2. The Hall–Kier alpha value is -1.20. The summed E-state index contributed by atoms with van der Waals surface area (Å²) in [5.41, 5.74) is 9.37. The molecule has 1 aromatic heterocycles. The molecule has 0 aliphatic heterocycles. The molecule has 1 aromatic rings. The number of ether oxygens (including phenoxy) is 1. The zero-order valence-corrected chi connectivity index (χ0v) is 12.2. The second-order valence-electron chi connectivity index (χ2n) is 4.46. The van der Waals surface area contributed by atoms with Crippen LogP contribution in [0.4, 0.5) is 5.69 Å². The lowest BCUT2D eigenvalue weighted by molar-refractivity contribution is 0.191. The van der Waals surface area contributed by atoms with Crippen molar-refractivity contribution >= 4 is 22.9 Å². The molecule has 0 saturated carbocycles. The smallest absolute Gasteiger partial charge is 0.107 e. The van der Waals surface area contributed by atoms with Crippen molar-refractivity contribution in [1.29, 1.82) is 0 Å². The highest BCUT2D eigenvalue weighted by Gasteiger charge is 2.12. The van der Waals surface area contributed by atoms with Gasteiger partial charge in [0.15, 0.2) is 0 Å². The molecular formula is C13H21N3OS. The third-order valence-corrected chi connectivity index (χ3v) is 2.94. The Bertz CT molecular complexity index is 434. The number of hydrogen-bond acceptors (Lipinski definition) is 4. The Balaban J connectivity index is 2.96. The summed E-state index contributed by atoms with van der Waals surface area (Å²) in [5, 5.41) is 3.42. The third-order valence-electron chi connectivity index (χ3n) is 2.73. The number of aromatic nitrogens is 1. The predicted octanol–water partition coefficient (Wildman–Crippen LogP) is 2.17. The summed E-state index contributed by atoms with van der Waals surface area (Å²) in [6.07, 6.45) is 0.924. The first kappa shape index (κ1) is 14.9. The van der Waals surface area contributed by atoms with Crippen molar-refractivity contribution in [3.63, 3.8) is 0 Å². The van der Waals surface area contributed by atoms with Crippen LogP contribution in [0.1, 0.15) is 30.3 Å². The van der Waals surface area contributed by atoms with Crippen LogP contribution in [0.15, 0.2) is 6.07 Å². The standard InChI is InChI=1S/C13H21N3OS/c1-8(5-6-17-4)16-11-7-9(2)15-10(3)12(11)13(14)18/h7-8H,5-6H2,1-4H3,(H2,14,18)(H,15,16). The van der Waals surface area contributed by atoms with Gasteiger partial charge in [0.2, 0.25) is 0 Å². The molecule has 18 heavy (non-hydrogen) atoms. The third kappa shape index (κ3) is 3.92. The van der Waals surface area contributed by atoms with Crippen molar-refractivity contribution in [3.8, 4) is 0 Å². The fourth-order valence-electron chi connectivity index (χ4n) is 1.89. The van der Waals surface area contributed by atoms with Crippen molar-refractivity contribution in [2.24, 2.45) is 5.73 Å². The molecular weight excluding hydrogens is 246 g/mol. The number of anilines is 1. The Morgan fingerprint density at radius 3 is 2.78 bits per heavy atom. The lowest BCUT2D eigenvalue weighted by atomic mass is 10.1. The van der Waals surface area contributed by atoms with Gasteiger partial charge in [-0.1, -0.05) is 12.2 Å². The maximum absolute atomic E-state index is 5.77. The SMILES string of the molecule is COCCC(C)Nc1cc(C)nc(C)c1C(N)=S. The van der Waals surface area contributed by atoms with Crippen molar-refractivity contribution < 1.29 is 4.74 Å². The summed E-state index contributed by atoms with van der Waals surface area (Å²) in [6, 6.07) is 2.27. The van der Waals surface area contributed by atoms with Crippen LogP contribution in [0.5, 0.6) is 0 Å². The van der Waals surface area contributed by atoms with Crippen LogP contribution >= 0.6 is 12.2 Å². The van der Waals surface area contributed by atoms with E-state index in [0.717, 1.165) is 35.7 Å². The predicted molar refractivity (Wildman–Crippen MR) is 79.2 cm³/mol. The largest absolute Gasteiger partial charge is 0.389 e.